The van der Waals surface area contributed by atoms with E-state index in [4.69, 9.17) is 4.74 Å². The highest BCUT2D eigenvalue weighted by Crippen LogP contribution is 2.33. The summed E-state index contributed by atoms with van der Waals surface area (Å²) in [7, 11) is 0. The van der Waals surface area contributed by atoms with E-state index in [1.807, 2.05) is 65.3 Å². The van der Waals surface area contributed by atoms with Crippen molar-refractivity contribution >= 4 is 28.8 Å². The summed E-state index contributed by atoms with van der Waals surface area (Å²) in [4.78, 5) is 29.5. The van der Waals surface area contributed by atoms with Gasteiger partial charge in [-0.1, -0.05) is 30.3 Å². The molecule has 1 unspecified atom stereocenters. The molecule has 1 aliphatic heterocycles. The van der Waals surface area contributed by atoms with Crippen molar-refractivity contribution in [3.63, 3.8) is 0 Å². The smallest absolute Gasteiger partial charge is 0.232 e. The average Bonchev–Trinajstić information content (AvgIpc) is 3.20. The van der Waals surface area contributed by atoms with Crippen LogP contribution in [0.4, 0.5) is 11.4 Å². The van der Waals surface area contributed by atoms with Crippen molar-refractivity contribution in [2.75, 3.05) is 10.6 Å². The number of aromatic nitrogens is 2. The van der Waals surface area contributed by atoms with Crippen molar-refractivity contribution in [1.29, 1.82) is 0 Å². The Morgan fingerprint density at radius 2 is 2.00 bits per heavy atom. The van der Waals surface area contributed by atoms with Crippen molar-refractivity contribution in [2.24, 2.45) is 0 Å². The number of hydrogen-bond acceptors (Lipinski definition) is 4. The molecule has 2 N–H and O–H groups in total. The van der Waals surface area contributed by atoms with Crippen LogP contribution < -0.4 is 15.4 Å². The summed E-state index contributed by atoms with van der Waals surface area (Å²) >= 11 is 0. The number of nitrogens with one attached hydrogen (secondary N) is 2. The summed E-state index contributed by atoms with van der Waals surface area (Å²) in [6, 6.07) is 20.4. The standard InChI is InChI=1S/C24H20N4O3/c29-23-13-20(19-8-1-2-9-21(19)27-23)24(30)26-16-6-5-7-18(12-16)31-15-17-14-28-11-4-3-10-22(28)25-17/h1-12,14,20H,13,15H2,(H,26,30)(H,27,29). The van der Waals surface area contributed by atoms with Crippen LogP contribution in [0.2, 0.25) is 0 Å². The van der Waals surface area contributed by atoms with Gasteiger partial charge < -0.3 is 19.8 Å². The second-order valence-electron chi connectivity index (χ2n) is 7.40. The van der Waals surface area contributed by atoms with Crippen LogP contribution in [0, 0.1) is 0 Å². The first-order chi connectivity index (χ1) is 15.2. The van der Waals surface area contributed by atoms with E-state index in [9.17, 15) is 9.59 Å². The van der Waals surface area contributed by atoms with Gasteiger partial charge in [0.2, 0.25) is 11.8 Å². The molecule has 1 aliphatic rings. The van der Waals surface area contributed by atoms with E-state index in [0.29, 0.717) is 23.7 Å². The number of nitrogens with zero attached hydrogens (tertiary/aromatic N) is 2. The lowest BCUT2D eigenvalue weighted by atomic mass is 9.90. The number of amides is 2. The second kappa shape index (κ2) is 7.95. The monoisotopic (exact) mass is 412 g/mol. The number of anilines is 2. The molecule has 3 heterocycles. The summed E-state index contributed by atoms with van der Waals surface area (Å²) in [5, 5.41) is 5.73. The fraction of sp³-hybridized carbons (Fsp3) is 0.125. The van der Waals surface area contributed by atoms with Crippen LogP contribution in [-0.2, 0) is 16.2 Å². The number of pyridine rings is 1. The third-order valence-electron chi connectivity index (χ3n) is 5.22. The molecule has 2 aromatic carbocycles. The molecule has 0 saturated heterocycles. The Bertz CT molecular complexity index is 1250. The highest BCUT2D eigenvalue weighted by atomic mass is 16.5. The van der Waals surface area contributed by atoms with E-state index in [1.54, 1.807) is 18.2 Å². The van der Waals surface area contributed by atoms with E-state index >= 15 is 0 Å². The normalized spacial score (nSPS) is 15.2. The molecule has 0 fully saturated rings. The van der Waals surface area contributed by atoms with Gasteiger partial charge in [-0.25, -0.2) is 4.98 Å². The summed E-state index contributed by atoms with van der Waals surface area (Å²) in [6.07, 6.45) is 3.98. The Hall–Kier alpha value is -4.13. The topological polar surface area (TPSA) is 84.7 Å². The minimum absolute atomic E-state index is 0.118. The summed E-state index contributed by atoms with van der Waals surface area (Å²) < 4.78 is 7.81. The molecule has 4 aromatic rings. The predicted octanol–water partition coefficient (Wildman–Crippen LogP) is 3.98. The maximum absolute atomic E-state index is 12.9. The van der Waals surface area contributed by atoms with E-state index in [-0.39, 0.29) is 18.2 Å². The number of imidazole rings is 1. The van der Waals surface area contributed by atoms with Crippen LogP contribution in [0.25, 0.3) is 5.65 Å². The number of rotatable bonds is 5. The van der Waals surface area contributed by atoms with Crippen LogP contribution in [0.15, 0.2) is 79.1 Å². The number of carbonyl (C=O) groups excluding carboxylic acids is 2. The van der Waals surface area contributed by atoms with Crippen molar-refractivity contribution in [3.05, 3.63) is 90.4 Å². The Balaban J connectivity index is 1.28. The molecular formula is C24H20N4O3. The van der Waals surface area contributed by atoms with Gasteiger partial charge in [0.15, 0.2) is 0 Å². The lowest BCUT2D eigenvalue weighted by Gasteiger charge is -2.24. The van der Waals surface area contributed by atoms with Gasteiger partial charge in [-0.05, 0) is 35.9 Å². The molecule has 2 aromatic heterocycles. The minimum atomic E-state index is -0.535. The third kappa shape index (κ3) is 3.98. The summed E-state index contributed by atoms with van der Waals surface area (Å²) in [5.41, 5.74) is 3.78. The molecule has 0 radical (unpaired) electrons. The van der Waals surface area contributed by atoms with Crippen LogP contribution in [0.1, 0.15) is 23.6 Å². The quantitative estimate of drug-likeness (QED) is 0.519. The van der Waals surface area contributed by atoms with E-state index in [2.05, 4.69) is 15.6 Å². The molecule has 7 heteroatoms. The van der Waals surface area contributed by atoms with Gasteiger partial charge in [0.25, 0.3) is 0 Å². The molecule has 154 valence electrons. The third-order valence-corrected chi connectivity index (χ3v) is 5.22. The van der Waals surface area contributed by atoms with Crippen molar-refractivity contribution in [2.45, 2.75) is 18.9 Å². The van der Waals surface area contributed by atoms with Gasteiger partial charge in [-0.2, -0.15) is 0 Å². The molecule has 31 heavy (non-hydrogen) atoms. The number of benzene rings is 2. The van der Waals surface area contributed by atoms with Crippen LogP contribution >= 0.6 is 0 Å². The lowest BCUT2D eigenvalue weighted by molar-refractivity contribution is -0.123. The first-order valence-corrected chi connectivity index (χ1v) is 10.0. The largest absolute Gasteiger partial charge is 0.487 e. The molecule has 0 spiro atoms. The van der Waals surface area contributed by atoms with E-state index in [1.165, 1.54) is 0 Å². The van der Waals surface area contributed by atoms with Gasteiger partial charge in [0, 0.05) is 36.3 Å². The number of fused-ring (bicyclic) bond motifs is 2. The number of hydrogen-bond donors (Lipinski definition) is 2. The molecule has 0 saturated carbocycles. The highest BCUT2D eigenvalue weighted by molar-refractivity contribution is 6.05. The molecule has 2 amide bonds. The Kier molecular flexibility index (Phi) is 4.84. The molecule has 0 aliphatic carbocycles. The predicted molar refractivity (Wildman–Crippen MR) is 117 cm³/mol. The molecule has 1 atom stereocenters. The highest BCUT2D eigenvalue weighted by Gasteiger charge is 2.30. The Morgan fingerprint density at radius 1 is 1.13 bits per heavy atom. The number of carbonyl (C=O) groups is 2. The maximum Gasteiger partial charge on any atom is 0.232 e. The molecule has 5 rings (SSSR count). The molecular weight excluding hydrogens is 392 g/mol. The summed E-state index contributed by atoms with van der Waals surface area (Å²) in [5.74, 6) is -0.299. The minimum Gasteiger partial charge on any atom is -0.487 e. The molecule has 7 nitrogen and oxygen atoms in total. The lowest BCUT2D eigenvalue weighted by Crippen LogP contribution is -2.30. The van der Waals surface area contributed by atoms with Crippen molar-refractivity contribution < 1.29 is 14.3 Å². The van der Waals surface area contributed by atoms with Gasteiger partial charge >= 0.3 is 0 Å². The van der Waals surface area contributed by atoms with Gasteiger partial charge in [-0.3, -0.25) is 9.59 Å². The van der Waals surface area contributed by atoms with E-state index < -0.39 is 5.92 Å². The van der Waals surface area contributed by atoms with Crippen LogP contribution in [0.3, 0.4) is 0 Å². The number of ether oxygens (including phenoxy) is 1. The summed E-state index contributed by atoms with van der Waals surface area (Å²) in [6.45, 7) is 0.315. The fourth-order valence-corrected chi connectivity index (χ4v) is 3.75. The zero-order valence-corrected chi connectivity index (χ0v) is 16.6. The van der Waals surface area contributed by atoms with Gasteiger partial charge in [-0.15, -0.1) is 0 Å². The van der Waals surface area contributed by atoms with Gasteiger partial charge in [0.1, 0.15) is 18.0 Å². The van der Waals surface area contributed by atoms with Crippen LogP contribution in [0.5, 0.6) is 5.75 Å². The molecule has 0 bridgehead atoms. The fourth-order valence-electron chi connectivity index (χ4n) is 3.75. The number of para-hydroxylation sites is 1. The maximum atomic E-state index is 12.9. The van der Waals surface area contributed by atoms with Crippen LogP contribution in [-0.4, -0.2) is 21.2 Å². The first-order valence-electron chi connectivity index (χ1n) is 10.0. The van der Waals surface area contributed by atoms with Crippen molar-refractivity contribution in [1.82, 2.24) is 9.38 Å². The second-order valence-corrected chi connectivity index (χ2v) is 7.40. The Morgan fingerprint density at radius 3 is 2.90 bits per heavy atom. The average molecular weight is 412 g/mol. The SMILES string of the molecule is O=C1CC(C(=O)Nc2cccc(OCc3cn4ccccc4n3)c2)c2ccccc2N1. The zero-order valence-electron chi connectivity index (χ0n) is 16.6. The zero-order chi connectivity index (χ0) is 21.2. The van der Waals surface area contributed by atoms with E-state index in [0.717, 1.165) is 16.9 Å². The van der Waals surface area contributed by atoms with Crippen molar-refractivity contribution in [3.8, 4) is 5.75 Å². The Labute approximate surface area is 178 Å². The van der Waals surface area contributed by atoms with Gasteiger partial charge in [0.05, 0.1) is 11.6 Å². The first kappa shape index (κ1) is 18.9.